The van der Waals surface area contributed by atoms with E-state index in [1.54, 1.807) is 6.92 Å². The van der Waals surface area contributed by atoms with Gasteiger partial charge >= 0.3 is 12.1 Å². The van der Waals surface area contributed by atoms with Crippen molar-refractivity contribution in [2.75, 3.05) is 6.61 Å². The summed E-state index contributed by atoms with van der Waals surface area (Å²) >= 11 is 0. The predicted molar refractivity (Wildman–Crippen MR) is 50.5 cm³/mol. The molecule has 5 heteroatoms. The molecule has 0 aliphatic heterocycles. The van der Waals surface area contributed by atoms with Crippen LogP contribution in [0.3, 0.4) is 0 Å². The van der Waals surface area contributed by atoms with Crippen molar-refractivity contribution in [3.63, 3.8) is 0 Å². The number of nitrogens with one attached hydrogen (secondary N) is 1. The van der Waals surface area contributed by atoms with E-state index >= 15 is 0 Å². The van der Waals surface area contributed by atoms with Crippen LogP contribution in [0, 0.1) is 0 Å². The molecule has 1 unspecified atom stereocenters. The number of hydrogen-bond donors (Lipinski definition) is 1. The van der Waals surface area contributed by atoms with E-state index in [2.05, 4.69) is 16.6 Å². The molecule has 0 spiro atoms. The lowest BCUT2D eigenvalue weighted by molar-refractivity contribution is -0.144. The van der Waals surface area contributed by atoms with E-state index in [1.165, 1.54) is 13.8 Å². The highest BCUT2D eigenvalue weighted by molar-refractivity contribution is 5.87. The van der Waals surface area contributed by atoms with Crippen molar-refractivity contribution in [1.82, 2.24) is 5.32 Å². The zero-order chi connectivity index (χ0) is 11.1. The van der Waals surface area contributed by atoms with Crippen LogP contribution >= 0.6 is 0 Å². The molecule has 0 fully saturated rings. The van der Waals surface area contributed by atoms with Crippen molar-refractivity contribution in [2.45, 2.75) is 27.0 Å². The molecule has 0 bridgehead atoms. The van der Waals surface area contributed by atoms with Gasteiger partial charge in [-0.15, -0.1) is 0 Å². The minimum atomic E-state index is -0.724. The Morgan fingerprint density at radius 1 is 1.50 bits per heavy atom. The molecule has 0 aromatic rings. The standard InChI is InChI=1S/C9H15NO4/c1-5-13-9(12)10-7(4)14-8(11)6(2)3/h7H,2,5H2,1,3-4H3,(H,10,12). The third-order valence-electron chi connectivity index (χ3n) is 1.23. The van der Waals surface area contributed by atoms with Crippen molar-refractivity contribution < 1.29 is 19.1 Å². The lowest BCUT2D eigenvalue weighted by atomic mass is 10.4. The van der Waals surface area contributed by atoms with E-state index in [0.717, 1.165) is 0 Å². The normalized spacial score (nSPS) is 11.4. The smallest absolute Gasteiger partial charge is 0.409 e. The maximum Gasteiger partial charge on any atom is 0.409 e. The van der Waals surface area contributed by atoms with Crippen LogP contribution in [0.15, 0.2) is 12.2 Å². The van der Waals surface area contributed by atoms with Crippen LogP contribution in [-0.4, -0.2) is 24.9 Å². The third-order valence-corrected chi connectivity index (χ3v) is 1.23. The maximum absolute atomic E-state index is 11.0. The average molecular weight is 201 g/mol. The number of alkyl carbamates (subject to hydrolysis) is 1. The number of carbonyl (C=O) groups is 2. The van der Waals surface area contributed by atoms with Crippen LogP contribution in [0.1, 0.15) is 20.8 Å². The lowest BCUT2D eigenvalue weighted by Crippen LogP contribution is -2.36. The first-order chi connectivity index (χ1) is 6.47. The number of amides is 1. The second-order valence-electron chi connectivity index (χ2n) is 2.69. The molecule has 0 radical (unpaired) electrons. The van der Waals surface area contributed by atoms with E-state index in [1.807, 2.05) is 0 Å². The monoisotopic (exact) mass is 201 g/mol. The second kappa shape index (κ2) is 6.01. The van der Waals surface area contributed by atoms with Crippen molar-refractivity contribution >= 4 is 12.1 Å². The van der Waals surface area contributed by atoms with E-state index in [9.17, 15) is 9.59 Å². The minimum Gasteiger partial charge on any atom is -0.450 e. The highest BCUT2D eigenvalue weighted by Crippen LogP contribution is 1.96. The summed E-state index contributed by atoms with van der Waals surface area (Å²) in [6.45, 7) is 8.41. The van der Waals surface area contributed by atoms with E-state index in [-0.39, 0.29) is 12.2 Å². The molecule has 0 rings (SSSR count). The summed E-state index contributed by atoms with van der Waals surface area (Å²) in [5, 5.41) is 2.32. The van der Waals surface area contributed by atoms with Gasteiger partial charge in [0.1, 0.15) is 0 Å². The second-order valence-corrected chi connectivity index (χ2v) is 2.69. The van der Waals surface area contributed by atoms with Gasteiger partial charge in [0.05, 0.1) is 6.61 Å². The van der Waals surface area contributed by atoms with Gasteiger partial charge in [0.2, 0.25) is 0 Å². The molecule has 0 heterocycles. The molecule has 1 atom stereocenters. The van der Waals surface area contributed by atoms with Crippen LogP contribution in [0.4, 0.5) is 4.79 Å². The van der Waals surface area contributed by atoms with Crippen LogP contribution in [0.2, 0.25) is 0 Å². The minimum absolute atomic E-state index is 0.271. The lowest BCUT2D eigenvalue weighted by Gasteiger charge is -2.14. The maximum atomic E-state index is 11.0. The molecule has 80 valence electrons. The van der Waals surface area contributed by atoms with Crippen LogP contribution in [0.25, 0.3) is 0 Å². The fourth-order valence-corrected chi connectivity index (χ4v) is 0.629. The molecule has 0 saturated heterocycles. The van der Waals surface area contributed by atoms with Gasteiger partial charge in [0.25, 0.3) is 0 Å². The summed E-state index contributed by atoms with van der Waals surface area (Å²) in [6, 6.07) is 0. The Hall–Kier alpha value is -1.52. The van der Waals surface area contributed by atoms with E-state index in [0.29, 0.717) is 0 Å². The summed E-state index contributed by atoms with van der Waals surface area (Å²) in [7, 11) is 0. The molecule has 0 aromatic carbocycles. The topological polar surface area (TPSA) is 64.6 Å². The van der Waals surface area contributed by atoms with Crippen LogP contribution < -0.4 is 5.32 Å². The summed E-state index contributed by atoms with van der Waals surface area (Å²) in [6.07, 6.45) is -1.34. The van der Waals surface area contributed by atoms with E-state index in [4.69, 9.17) is 4.74 Å². The Balaban J connectivity index is 3.86. The molecule has 0 saturated carbocycles. The largest absolute Gasteiger partial charge is 0.450 e. The van der Waals surface area contributed by atoms with Gasteiger partial charge in [-0.05, 0) is 20.8 Å². The van der Waals surface area contributed by atoms with Crippen molar-refractivity contribution in [2.24, 2.45) is 0 Å². The van der Waals surface area contributed by atoms with Crippen molar-refractivity contribution in [3.05, 3.63) is 12.2 Å². The van der Waals surface area contributed by atoms with Crippen LogP contribution in [-0.2, 0) is 14.3 Å². The highest BCUT2D eigenvalue weighted by atomic mass is 16.6. The molecule has 14 heavy (non-hydrogen) atoms. The Morgan fingerprint density at radius 3 is 2.50 bits per heavy atom. The first-order valence-corrected chi connectivity index (χ1v) is 4.27. The first-order valence-electron chi connectivity index (χ1n) is 4.27. The van der Waals surface area contributed by atoms with Gasteiger partial charge in [-0.25, -0.2) is 9.59 Å². The number of esters is 1. The number of carbonyl (C=O) groups excluding carboxylic acids is 2. The summed E-state index contributed by atoms with van der Waals surface area (Å²) in [5.74, 6) is -0.547. The van der Waals surface area contributed by atoms with Gasteiger partial charge in [-0.3, -0.25) is 5.32 Å². The molecular weight excluding hydrogens is 186 g/mol. The highest BCUT2D eigenvalue weighted by Gasteiger charge is 2.12. The fourth-order valence-electron chi connectivity index (χ4n) is 0.629. The SMILES string of the molecule is C=C(C)C(=O)OC(C)NC(=O)OCC. The Bertz CT molecular complexity index is 237. The quantitative estimate of drug-likeness (QED) is 0.421. The molecule has 5 nitrogen and oxygen atoms in total. The Morgan fingerprint density at radius 2 is 2.07 bits per heavy atom. The van der Waals surface area contributed by atoms with Gasteiger partial charge < -0.3 is 9.47 Å². The summed E-state index contributed by atoms with van der Waals surface area (Å²) in [4.78, 5) is 21.8. The zero-order valence-electron chi connectivity index (χ0n) is 8.62. The molecule has 0 aliphatic rings. The molecular formula is C9H15NO4. The predicted octanol–water partition coefficient (Wildman–Crippen LogP) is 1.20. The van der Waals surface area contributed by atoms with Gasteiger partial charge in [-0.1, -0.05) is 6.58 Å². The summed E-state index contributed by atoms with van der Waals surface area (Å²) < 4.78 is 9.37. The van der Waals surface area contributed by atoms with Gasteiger partial charge in [0.15, 0.2) is 6.23 Å². The van der Waals surface area contributed by atoms with Gasteiger partial charge in [-0.2, -0.15) is 0 Å². The van der Waals surface area contributed by atoms with Crippen molar-refractivity contribution in [1.29, 1.82) is 0 Å². The molecule has 1 N–H and O–H groups in total. The van der Waals surface area contributed by atoms with Crippen LogP contribution in [0.5, 0.6) is 0 Å². The van der Waals surface area contributed by atoms with E-state index < -0.39 is 18.3 Å². The Kier molecular flexibility index (Phi) is 5.36. The Labute approximate surface area is 83.1 Å². The van der Waals surface area contributed by atoms with Gasteiger partial charge in [0, 0.05) is 5.57 Å². The number of rotatable bonds is 4. The number of hydrogen-bond acceptors (Lipinski definition) is 4. The number of ether oxygens (including phenoxy) is 2. The first kappa shape index (κ1) is 12.5. The zero-order valence-corrected chi connectivity index (χ0v) is 8.62. The van der Waals surface area contributed by atoms with Crippen molar-refractivity contribution in [3.8, 4) is 0 Å². The molecule has 0 aromatic heterocycles. The average Bonchev–Trinajstić information content (AvgIpc) is 2.03. The third kappa shape index (κ3) is 5.18. The molecule has 1 amide bonds. The summed E-state index contributed by atoms with van der Waals surface area (Å²) in [5.41, 5.74) is 0.280. The molecule has 0 aliphatic carbocycles. The fraction of sp³-hybridized carbons (Fsp3) is 0.556.